The number of ether oxygens (including phenoxy) is 3. The van der Waals surface area contributed by atoms with Gasteiger partial charge in [-0.15, -0.1) is 0 Å². The molecule has 1 saturated heterocycles. The van der Waals surface area contributed by atoms with Gasteiger partial charge in [-0.05, 0) is 158 Å². The first-order chi connectivity index (χ1) is 32.7. The van der Waals surface area contributed by atoms with Crippen LogP contribution in [0.5, 0.6) is 17.2 Å². The number of carbonyl (C=O) groups is 1. The topological polar surface area (TPSA) is 134 Å². The van der Waals surface area contributed by atoms with Crippen LogP contribution in [0.25, 0.3) is 16.4 Å². The lowest BCUT2D eigenvalue weighted by Gasteiger charge is -2.32. The Morgan fingerprint density at radius 3 is 2.21 bits per heavy atom. The number of hydrogen-bond donors (Lipinski definition) is 0. The molecule has 8 rings (SSSR count). The van der Waals surface area contributed by atoms with E-state index < -0.39 is 28.4 Å². The molecular formula is C56H50BN4O6S-. The van der Waals surface area contributed by atoms with Gasteiger partial charge in [0, 0.05) is 40.6 Å². The summed E-state index contributed by atoms with van der Waals surface area (Å²) < 4.78 is 53.0. The summed E-state index contributed by atoms with van der Waals surface area (Å²) in [6.45, 7) is 21.6. The zero-order chi connectivity index (χ0) is 48.3. The number of piperidine rings is 1. The molecule has 2 aliphatic heterocycles. The number of esters is 1. The van der Waals surface area contributed by atoms with Crippen molar-refractivity contribution in [3.63, 3.8) is 0 Å². The molecule has 2 heterocycles. The number of carbonyl (C=O) groups excluding carboxylic acids is 1. The van der Waals surface area contributed by atoms with Gasteiger partial charge in [-0.3, -0.25) is 0 Å². The summed E-state index contributed by atoms with van der Waals surface area (Å²) in [4.78, 5) is 12.4. The molecule has 68 heavy (non-hydrogen) atoms. The summed E-state index contributed by atoms with van der Waals surface area (Å²) >= 11 is 0. The largest absolute Gasteiger partial charge is 0.559 e. The number of benzene rings is 6. The highest BCUT2D eigenvalue weighted by Crippen LogP contribution is 2.40. The number of nitriles is 2. The first-order valence-electron chi connectivity index (χ1n) is 22.5. The minimum Gasteiger partial charge on any atom is -0.543 e. The lowest BCUT2D eigenvalue weighted by molar-refractivity contribution is -0.145. The minimum absolute atomic E-state index is 0.0825. The Kier molecular flexibility index (Phi) is 13.3. The molecule has 340 valence electrons. The van der Waals surface area contributed by atoms with Crippen LogP contribution < -0.4 is 25.4 Å². The maximum atomic E-state index is 14.7. The van der Waals surface area contributed by atoms with Crippen LogP contribution in [-0.2, 0) is 32.6 Å². The molecule has 0 aromatic heterocycles. The number of aryl methyl sites for hydroxylation is 4. The monoisotopic (exact) mass is 917 g/mol. The van der Waals surface area contributed by atoms with Gasteiger partial charge < -0.3 is 25.5 Å². The van der Waals surface area contributed by atoms with Crippen molar-refractivity contribution in [1.82, 2.24) is 4.31 Å². The van der Waals surface area contributed by atoms with Crippen molar-refractivity contribution < 1.29 is 27.4 Å². The second-order valence-electron chi connectivity index (χ2n) is 17.7. The van der Waals surface area contributed by atoms with E-state index in [1.807, 2.05) is 86.4 Å². The number of hydrogen-bond acceptors (Lipinski definition) is 8. The van der Waals surface area contributed by atoms with Crippen molar-refractivity contribution in [3.05, 3.63) is 205 Å². The molecule has 1 fully saturated rings. The van der Waals surface area contributed by atoms with E-state index in [-0.39, 0.29) is 24.6 Å². The third-order valence-corrected chi connectivity index (χ3v) is 14.9. The molecule has 0 amide bonds. The Hall–Kier alpha value is -7.69. The van der Waals surface area contributed by atoms with Crippen LogP contribution in [-0.4, -0.2) is 44.2 Å². The molecule has 10 nitrogen and oxygen atoms in total. The summed E-state index contributed by atoms with van der Waals surface area (Å²) in [7, 11) is -4.01. The lowest BCUT2D eigenvalue weighted by Crippen LogP contribution is -2.45. The molecule has 0 spiro atoms. The van der Waals surface area contributed by atoms with Gasteiger partial charge in [0.2, 0.25) is 10.0 Å². The van der Waals surface area contributed by atoms with Gasteiger partial charge in [-0.2, -0.15) is 4.31 Å². The molecular weight excluding hydrogens is 868 g/mol. The summed E-state index contributed by atoms with van der Waals surface area (Å²) in [6, 6.07) is 36.4. The predicted octanol–water partition coefficient (Wildman–Crippen LogP) is 8.74. The average molecular weight is 918 g/mol. The fourth-order valence-corrected chi connectivity index (χ4v) is 10.9. The quantitative estimate of drug-likeness (QED) is 0.0515. The maximum absolute atomic E-state index is 14.7. The van der Waals surface area contributed by atoms with Gasteiger partial charge in [0.25, 0.3) is 0 Å². The van der Waals surface area contributed by atoms with Gasteiger partial charge in [0.05, 0.1) is 4.90 Å². The molecule has 0 bridgehead atoms. The van der Waals surface area contributed by atoms with Crippen LogP contribution in [0.2, 0.25) is 0 Å². The van der Waals surface area contributed by atoms with E-state index in [1.54, 1.807) is 43.3 Å². The Balaban J connectivity index is 1.15. The fourth-order valence-electron chi connectivity index (χ4n) is 9.19. The summed E-state index contributed by atoms with van der Waals surface area (Å²) in [6.07, 6.45) is 0.339. The second-order valence-corrected chi connectivity index (χ2v) is 19.6. The van der Waals surface area contributed by atoms with Crippen LogP contribution in [0, 0.1) is 56.7 Å². The fraction of sp³-hybridized carbons (Fsp3) is 0.214. The number of sulfonamides is 1. The van der Waals surface area contributed by atoms with Crippen LogP contribution in [0.15, 0.2) is 132 Å². The Morgan fingerprint density at radius 1 is 0.853 bits per heavy atom. The number of rotatable bonds is 12. The van der Waals surface area contributed by atoms with Crippen LogP contribution in [0.1, 0.15) is 75.4 Å². The molecule has 0 aliphatic carbocycles. The van der Waals surface area contributed by atoms with Crippen LogP contribution in [0.4, 0.5) is 0 Å². The van der Waals surface area contributed by atoms with E-state index in [9.17, 15) is 23.7 Å². The van der Waals surface area contributed by atoms with E-state index in [0.717, 1.165) is 60.5 Å². The lowest BCUT2D eigenvalue weighted by atomic mass is 9.34. The molecule has 0 saturated carbocycles. The van der Waals surface area contributed by atoms with E-state index in [4.69, 9.17) is 20.8 Å². The molecule has 6 aromatic carbocycles. The zero-order valence-corrected chi connectivity index (χ0v) is 39.6. The summed E-state index contributed by atoms with van der Waals surface area (Å²) in [5.74, 6) is 5.22. The van der Waals surface area contributed by atoms with Gasteiger partial charge in [-0.1, -0.05) is 90.9 Å². The SMILES string of the molecule is [C-]#[N+][B-](C#N)(C#N)c1ccccc1COc1cc(C)c(Cc2ccc3c(c2)Oc2c/c(=C/c4c(C)cccc4C)ccc2=C3c2ccccc2S(=O)(=O)N2CCC(OC(=O)C(=C)C)CC2)c(C)c1. The highest BCUT2D eigenvalue weighted by Gasteiger charge is 2.39. The third-order valence-electron chi connectivity index (χ3n) is 13.0. The van der Waals surface area contributed by atoms with Crippen molar-refractivity contribution in [2.45, 2.75) is 71.5 Å². The first-order valence-corrected chi connectivity index (χ1v) is 24.0. The van der Waals surface area contributed by atoms with Gasteiger partial charge in [0.1, 0.15) is 30.0 Å². The molecule has 0 N–H and O–H groups in total. The zero-order valence-electron chi connectivity index (χ0n) is 38.8. The maximum Gasteiger partial charge on any atom is 0.559 e. The summed E-state index contributed by atoms with van der Waals surface area (Å²) in [5, 5.41) is 21.3. The standard InChI is InChI=1S/C56H50BN4O6S/c1-36(2)56(62)66-44-23-25-61(26-24-44)68(63,64)54-18-11-9-16-48(54)55-46-21-19-41(29-49-37(3)13-12-14-38(49)4)31-52(46)67-53-32-42(20-22-47(53)55)30-50-39(5)27-45(28-40(50)6)65-33-43-15-8-10-17-51(43)57(34-58,35-59)60-7/h8-22,27-29,31-32,44H,1,23-26,30,33H2,2-6H3/q-1/b41-29+. The Labute approximate surface area is 398 Å². The second kappa shape index (κ2) is 19.3. The first kappa shape index (κ1) is 46.8. The van der Waals surface area contributed by atoms with Crippen LogP contribution in [0.3, 0.4) is 0 Å². The van der Waals surface area contributed by atoms with E-state index in [0.29, 0.717) is 58.7 Å². The predicted molar refractivity (Wildman–Crippen MR) is 265 cm³/mol. The van der Waals surface area contributed by atoms with E-state index in [2.05, 4.69) is 49.5 Å². The van der Waals surface area contributed by atoms with Crippen LogP contribution >= 0.6 is 0 Å². The minimum atomic E-state index is -4.01. The average Bonchev–Trinajstić information content (AvgIpc) is 3.33. The Bertz CT molecular complexity index is 3330. The molecule has 12 heteroatoms. The van der Waals surface area contributed by atoms with Crippen molar-refractivity contribution >= 4 is 39.4 Å². The van der Waals surface area contributed by atoms with Crippen molar-refractivity contribution in [3.8, 4) is 29.2 Å². The van der Waals surface area contributed by atoms with Crippen molar-refractivity contribution in [2.24, 2.45) is 0 Å². The molecule has 2 aliphatic rings. The van der Waals surface area contributed by atoms with Crippen molar-refractivity contribution in [2.75, 3.05) is 13.1 Å². The van der Waals surface area contributed by atoms with E-state index in [1.165, 1.54) is 4.31 Å². The van der Waals surface area contributed by atoms with Gasteiger partial charge in [0.15, 0.2) is 0 Å². The number of nitrogens with zero attached hydrogens (tertiary/aromatic N) is 4. The molecule has 0 radical (unpaired) electrons. The smallest absolute Gasteiger partial charge is 0.543 e. The molecule has 6 aromatic rings. The third kappa shape index (κ3) is 9.20. The number of fused-ring (bicyclic) bond motifs is 2. The van der Waals surface area contributed by atoms with Gasteiger partial charge in [-0.25, -0.2) is 23.7 Å². The molecule has 0 unspecified atom stereocenters. The highest BCUT2D eigenvalue weighted by atomic mass is 32.2. The van der Waals surface area contributed by atoms with E-state index >= 15 is 0 Å². The summed E-state index contributed by atoms with van der Waals surface area (Å²) in [5.41, 5.74) is 10.9. The van der Waals surface area contributed by atoms with Gasteiger partial charge >= 0.3 is 12.3 Å². The normalized spacial score (nSPS) is 14.1. The van der Waals surface area contributed by atoms with Crippen molar-refractivity contribution in [1.29, 1.82) is 10.5 Å². The molecule has 0 atom stereocenters. The Morgan fingerprint density at radius 2 is 1.53 bits per heavy atom. The highest BCUT2D eigenvalue weighted by molar-refractivity contribution is 7.89.